The predicted molar refractivity (Wildman–Crippen MR) is 68.6 cm³/mol. The first-order valence-corrected chi connectivity index (χ1v) is 5.46. The average molecular weight is 224 g/mol. The number of oxazole rings is 1. The van der Waals surface area contributed by atoms with E-state index in [0.717, 1.165) is 16.6 Å². The van der Waals surface area contributed by atoms with Gasteiger partial charge in [0.25, 0.3) is 0 Å². The number of anilines is 1. The second kappa shape index (κ2) is 3.63. The molecule has 0 saturated heterocycles. The molecule has 2 aromatic carbocycles. The van der Waals surface area contributed by atoms with Crippen LogP contribution in [0.3, 0.4) is 0 Å². The number of aromatic nitrogens is 1. The molecule has 1 aromatic heterocycles. The average Bonchev–Trinajstić information content (AvgIpc) is 2.74. The first kappa shape index (κ1) is 9.90. The fourth-order valence-electron chi connectivity index (χ4n) is 1.91. The molecule has 3 heteroatoms. The highest BCUT2D eigenvalue weighted by molar-refractivity contribution is 5.87. The summed E-state index contributed by atoms with van der Waals surface area (Å²) in [7, 11) is 0. The summed E-state index contributed by atoms with van der Waals surface area (Å²) in [6.45, 7) is 1.99. The Hall–Kier alpha value is -2.29. The number of hydrogen-bond donors (Lipinski definition) is 1. The van der Waals surface area contributed by atoms with E-state index in [-0.39, 0.29) is 0 Å². The Morgan fingerprint density at radius 3 is 2.65 bits per heavy atom. The molecule has 2 N–H and O–H groups in total. The minimum atomic E-state index is 0.609. The van der Waals surface area contributed by atoms with Crippen molar-refractivity contribution < 1.29 is 4.42 Å². The van der Waals surface area contributed by atoms with Crippen LogP contribution >= 0.6 is 0 Å². The monoisotopic (exact) mass is 224 g/mol. The van der Waals surface area contributed by atoms with Crippen LogP contribution in [0.1, 0.15) is 5.56 Å². The quantitative estimate of drug-likeness (QED) is 0.644. The molecular formula is C14H12N2O. The Morgan fingerprint density at radius 2 is 1.88 bits per heavy atom. The van der Waals surface area contributed by atoms with E-state index in [0.29, 0.717) is 17.2 Å². The lowest BCUT2D eigenvalue weighted by Crippen LogP contribution is -1.86. The minimum Gasteiger partial charge on any atom is -0.434 e. The molecule has 0 bridgehead atoms. The van der Waals surface area contributed by atoms with Gasteiger partial charge in [-0.2, -0.15) is 0 Å². The second-order valence-electron chi connectivity index (χ2n) is 4.09. The highest BCUT2D eigenvalue weighted by Gasteiger charge is 2.10. The van der Waals surface area contributed by atoms with Crippen LogP contribution in [0.5, 0.6) is 0 Å². The van der Waals surface area contributed by atoms with E-state index in [2.05, 4.69) is 4.98 Å². The molecule has 17 heavy (non-hydrogen) atoms. The molecule has 0 amide bonds. The zero-order valence-electron chi connectivity index (χ0n) is 9.47. The first-order valence-electron chi connectivity index (χ1n) is 5.46. The van der Waals surface area contributed by atoms with Gasteiger partial charge in [0.05, 0.1) is 5.69 Å². The molecule has 0 saturated carbocycles. The van der Waals surface area contributed by atoms with Gasteiger partial charge >= 0.3 is 0 Å². The second-order valence-corrected chi connectivity index (χ2v) is 4.09. The van der Waals surface area contributed by atoms with Gasteiger partial charge in [-0.1, -0.05) is 18.2 Å². The maximum absolute atomic E-state index is 5.91. The predicted octanol–water partition coefficient (Wildman–Crippen LogP) is 3.39. The van der Waals surface area contributed by atoms with E-state index >= 15 is 0 Å². The van der Waals surface area contributed by atoms with Gasteiger partial charge < -0.3 is 10.2 Å². The smallest absolute Gasteiger partial charge is 0.227 e. The van der Waals surface area contributed by atoms with Crippen molar-refractivity contribution in [1.29, 1.82) is 0 Å². The molecule has 84 valence electrons. The van der Waals surface area contributed by atoms with E-state index in [4.69, 9.17) is 10.2 Å². The topological polar surface area (TPSA) is 52.0 Å². The van der Waals surface area contributed by atoms with Crippen molar-refractivity contribution in [3.05, 3.63) is 48.0 Å². The fraction of sp³-hybridized carbons (Fsp3) is 0.0714. The number of nitrogens with zero attached hydrogens (tertiary/aromatic N) is 1. The molecule has 1 heterocycles. The van der Waals surface area contributed by atoms with Crippen molar-refractivity contribution in [2.24, 2.45) is 0 Å². The van der Waals surface area contributed by atoms with Crippen LogP contribution in [0.15, 0.2) is 46.9 Å². The molecule has 0 spiro atoms. The Bertz CT molecular complexity index is 671. The highest BCUT2D eigenvalue weighted by atomic mass is 16.3. The van der Waals surface area contributed by atoms with Crippen molar-refractivity contribution >= 4 is 16.8 Å². The third kappa shape index (κ3) is 1.65. The SMILES string of the molecule is Cc1cc(N)c2oc(-c3ccccc3)nc2c1. The Balaban J connectivity index is 2.24. The lowest BCUT2D eigenvalue weighted by Gasteiger charge is -1.95. The van der Waals surface area contributed by atoms with Gasteiger partial charge in [0, 0.05) is 5.56 Å². The third-order valence-corrected chi connectivity index (χ3v) is 2.68. The molecule has 0 aliphatic rings. The van der Waals surface area contributed by atoms with Crippen LogP contribution in [0.2, 0.25) is 0 Å². The lowest BCUT2D eigenvalue weighted by atomic mass is 10.2. The van der Waals surface area contributed by atoms with Gasteiger partial charge in [-0.3, -0.25) is 0 Å². The van der Waals surface area contributed by atoms with Crippen LogP contribution in [0.25, 0.3) is 22.6 Å². The van der Waals surface area contributed by atoms with Crippen molar-refractivity contribution in [2.45, 2.75) is 6.92 Å². The summed E-state index contributed by atoms with van der Waals surface area (Å²) in [4.78, 5) is 4.46. The Morgan fingerprint density at radius 1 is 1.12 bits per heavy atom. The molecule has 0 atom stereocenters. The zero-order chi connectivity index (χ0) is 11.8. The fourth-order valence-corrected chi connectivity index (χ4v) is 1.91. The molecule has 3 aromatic rings. The molecule has 0 radical (unpaired) electrons. The number of nitrogens with two attached hydrogens (primary N) is 1. The molecular weight excluding hydrogens is 212 g/mol. The summed E-state index contributed by atoms with van der Waals surface area (Å²) in [5, 5.41) is 0. The molecule has 0 fully saturated rings. The van der Waals surface area contributed by atoms with E-state index in [1.165, 1.54) is 0 Å². The number of nitrogen functional groups attached to an aromatic ring is 1. The van der Waals surface area contributed by atoms with E-state index < -0.39 is 0 Å². The van der Waals surface area contributed by atoms with E-state index in [9.17, 15) is 0 Å². The van der Waals surface area contributed by atoms with Crippen molar-refractivity contribution in [2.75, 3.05) is 5.73 Å². The summed E-state index contributed by atoms with van der Waals surface area (Å²) in [5.74, 6) is 0.609. The van der Waals surface area contributed by atoms with E-state index in [1.54, 1.807) is 0 Å². The summed E-state index contributed by atoms with van der Waals surface area (Å²) in [6.07, 6.45) is 0. The van der Waals surface area contributed by atoms with Crippen LogP contribution in [-0.2, 0) is 0 Å². The standard InChI is InChI=1S/C14H12N2O/c1-9-7-11(15)13-12(8-9)16-14(17-13)10-5-3-2-4-6-10/h2-8H,15H2,1H3. The minimum absolute atomic E-state index is 0.609. The maximum Gasteiger partial charge on any atom is 0.227 e. The maximum atomic E-state index is 5.91. The van der Waals surface area contributed by atoms with Crippen molar-refractivity contribution in [3.63, 3.8) is 0 Å². The van der Waals surface area contributed by atoms with E-state index in [1.807, 2.05) is 49.4 Å². The number of benzene rings is 2. The lowest BCUT2D eigenvalue weighted by molar-refractivity contribution is 0.621. The molecule has 0 aliphatic heterocycles. The third-order valence-electron chi connectivity index (χ3n) is 2.68. The molecule has 0 aliphatic carbocycles. The van der Waals surface area contributed by atoms with Gasteiger partial charge in [0.1, 0.15) is 5.52 Å². The van der Waals surface area contributed by atoms with Gasteiger partial charge in [-0.15, -0.1) is 0 Å². The number of aryl methyl sites for hydroxylation is 1. The normalized spacial score (nSPS) is 10.9. The van der Waals surface area contributed by atoms with Gasteiger partial charge in [-0.25, -0.2) is 4.98 Å². The summed E-state index contributed by atoms with van der Waals surface area (Å²) < 4.78 is 5.70. The molecule has 3 rings (SSSR count). The summed E-state index contributed by atoms with van der Waals surface area (Å²) in [6, 6.07) is 13.7. The highest BCUT2D eigenvalue weighted by Crippen LogP contribution is 2.28. The van der Waals surface area contributed by atoms with Crippen molar-refractivity contribution in [3.8, 4) is 11.5 Å². The number of hydrogen-bond acceptors (Lipinski definition) is 3. The molecule has 0 unspecified atom stereocenters. The number of fused-ring (bicyclic) bond motifs is 1. The largest absolute Gasteiger partial charge is 0.434 e. The first-order chi connectivity index (χ1) is 8.24. The van der Waals surface area contributed by atoms with Crippen LogP contribution in [-0.4, -0.2) is 4.98 Å². The number of rotatable bonds is 1. The van der Waals surface area contributed by atoms with Crippen LogP contribution < -0.4 is 5.73 Å². The van der Waals surface area contributed by atoms with Crippen molar-refractivity contribution in [1.82, 2.24) is 4.98 Å². The van der Waals surface area contributed by atoms with Crippen LogP contribution in [0, 0.1) is 6.92 Å². The van der Waals surface area contributed by atoms with Gasteiger partial charge in [0.15, 0.2) is 5.58 Å². The summed E-state index contributed by atoms with van der Waals surface area (Å²) >= 11 is 0. The summed E-state index contributed by atoms with van der Waals surface area (Å²) in [5.41, 5.74) is 10.1. The Kier molecular flexibility index (Phi) is 2.11. The van der Waals surface area contributed by atoms with Gasteiger partial charge in [0.2, 0.25) is 5.89 Å². The zero-order valence-corrected chi connectivity index (χ0v) is 9.47. The van der Waals surface area contributed by atoms with Crippen LogP contribution in [0.4, 0.5) is 5.69 Å². The van der Waals surface area contributed by atoms with Gasteiger partial charge in [-0.05, 0) is 36.8 Å². The Labute approximate surface area is 98.9 Å². The molecule has 3 nitrogen and oxygen atoms in total.